The van der Waals surface area contributed by atoms with Gasteiger partial charge in [-0.05, 0) is 67.9 Å². The van der Waals surface area contributed by atoms with Crippen molar-refractivity contribution >= 4 is 55.6 Å². The van der Waals surface area contributed by atoms with Crippen molar-refractivity contribution in [2.24, 2.45) is 10.8 Å². The van der Waals surface area contributed by atoms with Gasteiger partial charge in [0.25, 0.3) is 5.56 Å². The minimum Gasteiger partial charge on any atom is -0.496 e. The van der Waals surface area contributed by atoms with Crippen molar-refractivity contribution in [2.45, 2.75) is 52.6 Å². The predicted molar refractivity (Wildman–Crippen MR) is 147 cm³/mol. The number of hydrogen-bond acceptors (Lipinski definition) is 5. The fourth-order valence-electron chi connectivity index (χ4n) is 5.29. The van der Waals surface area contributed by atoms with Crippen molar-refractivity contribution in [1.82, 2.24) is 10.3 Å². The Balaban J connectivity index is 1.49. The minimum absolute atomic E-state index is 0.000443. The normalized spacial score (nSPS) is 20.9. The predicted octanol–water partition coefficient (Wildman–Crippen LogP) is 7.06. The molecule has 0 spiro atoms. The highest BCUT2D eigenvalue weighted by Crippen LogP contribution is 2.62. The number of amides is 1. The average Bonchev–Trinajstić information content (AvgIpc) is 3.46. The fourth-order valence-corrected chi connectivity index (χ4v) is 6.32. The minimum atomic E-state index is -0.522. The van der Waals surface area contributed by atoms with Crippen LogP contribution in [0.2, 0.25) is 5.02 Å². The summed E-state index contributed by atoms with van der Waals surface area (Å²) < 4.78 is 11.9. The van der Waals surface area contributed by atoms with E-state index in [0.29, 0.717) is 27.5 Å². The second-order valence-corrected chi connectivity index (χ2v) is 12.4. The number of carbonyl (C=O) groups is 1. The number of aromatic nitrogens is 1. The molecule has 1 unspecified atom stereocenters. The van der Waals surface area contributed by atoms with Crippen LogP contribution in [-0.4, -0.2) is 30.3 Å². The van der Waals surface area contributed by atoms with Crippen LogP contribution in [-0.2, 0) is 4.74 Å². The molecule has 0 bridgehead atoms. The molecule has 1 saturated carbocycles. The van der Waals surface area contributed by atoms with E-state index in [-0.39, 0.29) is 22.5 Å². The Morgan fingerprint density at radius 1 is 1.31 bits per heavy atom. The zero-order valence-corrected chi connectivity index (χ0v) is 22.8. The van der Waals surface area contributed by atoms with Crippen molar-refractivity contribution in [3.05, 3.63) is 56.7 Å². The Bertz CT molecular complexity index is 1490. The Kier molecular flexibility index (Phi) is 5.99. The van der Waals surface area contributed by atoms with E-state index in [1.165, 1.54) is 11.3 Å². The van der Waals surface area contributed by atoms with Crippen molar-refractivity contribution in [2.75, 3.05) is 13.7 Å². The molecular weight excluding hydrogens is 496 g/mol. The van der Waals surface area contributed by atoms with Gasteiger partial charge >= 0.3 is 6.09 Å². The van der Waals surface area contributed by atoms with Gasteiger partial charge < -0.3 is 19.8 Å². The molecule has 0 radical (unpaired) electrons. The Labute approximate surface area is 219 Å². The van der Waals surface area contributed by atoms with Crippen LogP contribution < -0.4 is 15.6 Å². The van der Waals surface area contributed by atoms with E-state index >= 15 is 0 Å². The molecule has 2 heterocycles. The quantitative estimate of drug-likeness (QED) is 0.373. The summed E-state index contributed by atoms with van der Waals surface area (Å²) in [5, 5.41) is 7.13. The number of nitrogens with one attached hydrogen (secondary N) is 2. The number of methoxy groups -OCH3 is 1. The highest BCUT2D eigenvalue weighted by Gasteiger charge is 2.55. The van der Waals surface area contributed by atoms with Crippen molar-refractivity contribution < 1.29 is 14.3 Å². The lowest BCUT2D eigenvalue weighted by atomic mass is 9.68. The lowest BCUT2D eigenvalue weighted by Gasteiger charge is -2.37. The van der Waals surface area contributed by atoms with E-state index in [2.05, 4.69) is 35.5 Å². The molecule has 36 heavy (non-hydrogen) atoms. The summed E-state index contributed by atoms with van der Waals surface area (Å²) in [6, 6.07) is 3.73. The van der Waals surface area contributed by atoms with Crippen LogP contribution in [0, 0.1) is 10.8 Å². The summed E-state index contributed by atoms with van der Waals surface area (Å²) in [6.45, 7) is 8.43. The first-order chi connectivity index (χ1) is 17.0. The van der Waals surface area contributed by atoms with E-state index < -0.39 is 5.60 Å². The first kappa shape index (κ1) is 24.9. The molecule has 1 amide bonds. The monoisotopic (exact) mass is 526 g/mol. The third kappa shape index (κ3) is 4.22. The van der Waals surface area contributed by atoms with Crippen LogP contribution in [0.15, 0.2) is 40.5 Å². The summed E-state index contributed by atoms with van der Waals surface area (Å²) in [6.07, 6.45) is 9.20. The van der Waals surface area contributed by atoms with Gasteiger partial charge in [-0.1, -0.05) is 36.8 Å². The zero-order chi connectivity index (χ0) is 25.9. The molecule has 6 nitrogen and oxygen atoms in total. The highest BCUT2D eigenvalue weighted by molar-refractivity contribution is 7.17. The summed E-state index contributed by atoms with van der Waals surface area (Å²) in [4.78, 5) is 27.9. The largest absolute Gasteiger partial charge is 0.496 e. The van der Waals surface area contributed by atoms with Gasteiger partial charge in [-0.2, -0.15) is 0 Å². The number of H-pyrrole nitrogens is 1. The molecule has 3 aromatic rings. The van der Waals surface area contributed by atoms with E-state index in [9.17, 15) is 9.59 Å². The number of thiophene rings is 1. The van der Waals surface area contributed by atoms with E-state index in [1.807, 2.05) is 32.2 Å². The van der Waals surface area contributed by atoms with E-state index in [1.54, 1.807) is 13.2 Å². The zero-order valence-electron chi connectivity index (χ0n) is 21.2. The number of aromatic amines is 1. The summed E-state index contributed by atoms with van der Waals surface area (Å²) in [5.41, 5.74) is 1.80. The summed E-state index contributed by atoms with van der Waals surface area (Å²) >= 11 is 7.99. The Morgan fingerprint density at radius 3 is 2.67 bits per heavy atom. The van der Waals surface area contributed by atoms with Crippen LogP contribution >= 0.6 is 22.9 Å². The Morgan fingerprint density at radius 2 is 2.06 bits per heavy atom. The lowest BCUT2D eigenvalue weighted by Crippen LogP contribution is -2.41. The van der Waals surface area contributed by atoms with Gasteiger partial charge in [0, 0.05) is 28.9 Å². The van der Waals surface area contributed by atoms with Crippen LogP contribution in [0.5, 0.6) is 5.75 Å². The SMILES string of the molecule is COc1cc(Cl)c2[nH]c(=O)c3sccc3c2c1C1=CCC(C)(C2(CNC(=O)OC(C)(C)C)CC2)C=C1. The lowest BCUT2D eigenvalue weighted by molar-refractivity contribution is 0.0499. The number of allylic oxidation sites excluding steroid dienone is 4. The number of alkyl carbamates (subject to hydrolysis) is 1. The van der Waals surface area contributed by atoms with Gasteiger partial charge in [-0.3, -0.25) is 4.79 Å². The molecule has 190 valence electrons. The second kappa shape index (κ2) is 8.67. The second-order valence-electron chi connectivity index (χ2n) is 11.1. The molecular formula is C28H31ClN2O4S. The van der Waals surface area contributed by atoms with Gasteiger partial charge in [-0.15, -0.1) is 11.3 Å². The van der Waals surface area contributed by atoms with Gasteiger partial charge in [0.05, 0.1) is 17.6 Å². The molecule has 1 atom stereocenters. The number of fused-ring (bicyclic) bond motifs is 3. The number of halogens is 1. The number of rotatable bonds is 5. The molecule has 0 saturated heterocycles. The van der Waals surface area contributed by atoms with Crippen LogP contribution in [0.3, 0.4) is 0 Å². The number of carbonyl (C=O) groups excluding carboxylic acids is 1. The van der Waals surface area contributed by atoms with Gasteiger partial charge in [0.1, 0.15) is 16.1 Å². The maximum atomic E-state index is 12.6. The molecule has 1 fully saturated rings. The third-order valence-corrected chi connectivity index (χ3v) is 8.75. The molecule has 0 aliphatic heterocycles. The first-order valence-corrected chi connectivity index (χ1v) is 13.4. The van der Waals surface area contributed by atoms with E-state index in [4.69, 9.17) is 21.1 Å². The van der Waals surface area contributed by atoms with Crippen LogP contribution in [0.1, 0.15) is 52.5 Å². The first-order valence-electron chi connectivity index (χ1n) is 12.1. The maximum absolute atomic E-state index is 12.6. The van der Waals surface area contributed by atoms with Crippen molar-refractivity contribution in [1.29, 1.82) is 0 Å². The number of hydrogen-bond donors (Lipinski definition) is 2. The molecule has 2 aromatic heterocycles. The Hall–Kier alpha value is -2.77. The standard InChI is InChI=1S/C28H31ClN2O4S/c1-26(2,3)35-25(33)30-15-28(11-12-28)27(4)9-6-16(7-10-27)20-19(34-5)14-18(29)22-21(20)17-8-13-36-23(17)24(32)31-22/h6-9,13-14H,10-12,15H2,1-5H3,(H,30,33)(H,31,32). The molecule has 2 N–H and O–H groups in total. The highest BCUT2D eigenvalue weighted by atomic mass is 35.5. The number of benzene rings is 1. The fraction of sp³-hybridized carbons (Fsp3) is 0.429. The maximum Gasteiger partial charge on any atom is 0.407 e. The van der Waals surface area contributed by atoms with Crippen molar-refractivity contribution in [3.63, 3.8) is 0 Å². The van der Waals surface area contributed by atoms with Crippen LogP contribution in [0.4, 0.5) is 4.79 Å². The molecule has 2 aliphatic rings. The molecule has 1 aromatic carbocycles. The number of ether oxygens (including phenoxy) is 2. The third-order valence-electron chi connectivity index (χ3n) is 7.54. The molecule has 2 aliphatic carbocycles. The van der Waals surface area contributed by atoms with Crippen LogP contribution in [0.25, 0.3) is 26.6 Å². The average molecular weight is 527 g/mol. The van der Waals surface area contributed by atoms with Gasteiger partial charge in [0.15, 0.2) is 0 Å². The molecule has 8 heteroatoms. The topological polar surface area (TPSA) is 80.4 Å². The number of pyridine rings is 1. The van der Waals surface area contributed by atoms with E-state index in [0.717, 1.165) is 41.2 Å². The summed E-state index contributed by atoms with van der Waals surface area (Å²) in [7, 11) is 1.64. The van der Waals surface area contributed by atoms with Gasteiger partial charge in [-0.25, -0.2) is 4.79 Å². The summed E-state index contributed by atoms with van der Waals surface area (Å²) in [5.74, 6) is 0.666. The van der Waals surface area contributed by atoms with Gasteiger partial charge in [0.2, 0.25) is 0 Å². The van der Waals surface area contributed by atoms with Crippen molar-refractivity contribution in [3.8, 4) is 5.75 Å². The molecule has 5 rings (SSSR count). The smallest absolute Gasteiger partial charge is 0.407 e.